The fraction of sp³-hybridized carbons (Fsp3) is 0.611. The van der Waals surface area contributed by atoms with Crippen LogP contribution in [0, 0.1) is 11.8 Å². The lowest BCUT2D eigenvalue weighted by Crippen LogP contribution is -2.46. The maximum Gasteiger partial charge on any atom is 0.223 e. The second-order valence-electron chi connectivity index (χ2n) is 7.10. The molecule has 1 aliphatic rings. The number of nitrogens with zero attached hydrogens (tertiary/aromatic N) is 1. The molecule has 5 nitrogen and oxygen atoms in total. The van der Waals surface area contributed by atoms with Crippen molar-refractivity contribution in [2.24, 2.45) is 11.8 Å². The van der Waals surface area contributed by atoms with Crippen LogP contribution in [0.5, 0.6) is 0 Å². The van der Waals surface area contributed by atoms with Crippen LogP contribution in [0.3, 0.4) is 0 Å². The number of sulfonamides is 1. The molecule has 1 aromatic rings. The van der Waals surface area contributed by atoms with E-state index < -0.39 is 10.0 Å². The van der Waals surface area contributed by atoms with E-state index in [0.29, 0.717) is 31.8 Å². The molecule has 1 heterocycles. The maximum absolute atomic E-state index is 12.6. The molecule has 1 aromatic carbocycles. The normalized spacial score (nSPS) is 18.3. The largest absolute Gasteiger partial charge is 0.353 e. The van der Waals surface area contributed by atoms with Crippen molar-refractivity contribution in [3.05, 3.63) is 34.3 Å². The fourth-order valence-electron chi connectivity index (χ4n) is 2.83. The van der Waals surface area contributed by atoms with Crippen LogP contribution in [0.4, 0.5) is 0 Å². The van der Waals surface area contributed by atoms with Gasteiger partial charge in [-0.2, -0.15) is 0 Å². The number of rotatable bonds is 6. The van der Waals surface area contributed by atoms with Gasteiger partial charge < -0.3 is 5.32 Å². The van der Waals surface area contributed by atoms with Crippen LogP contribution in [0.25, 0.3) is 0 Å². The first-order valence-electron chi connectivity index (χ1n) is 8.71. The first-order chi connectivity index (χ1) is 11.7. The third-order valence-corrected chi connectivity index (χ3v) is 7.17. The Labute approximate surface area is 159 Å². The Balaban J connectivity index is 1.91. The minimum atomic E-state index is -3.36. The number of amides is 1. The Morgan fingerprint density at radius 1 is 1.28 bits per heavy atom. The van der Waals surface area contributed by atoms with Gasteiger partial charge in [0, 0.05) is 29.5 Å². The van der Waals surface area contributed by atoms with Crippen molar-refractivity contribution in [3.63, 3.8) is 0 Å². The number of hydrogen-bond acceptors (Lipinski definition) is 3. The molecule has 1 N–H and O–H groups in total. The van der Waals surface area contributed by atoms with Gasteiger partial charge in [0.25, 0.3) is 0 Å². The third-order valence-electron chi connectivity index (χ3n) is 4.83. The average molecular weight is 431 g/mol. The van der Waals surface area contributed by atoms with Crippen LogP contribution in [-0.2, 0) is 20.6 Å². The Morgan fingerprint density at radius 3 is 2.48 bits per heavy atom. The van der Waals surface area contributed by atoms with Gasteiger partial charge in [-0.25, -0.2) is 12.7 Å². The topological polar surface area (TPSA) is 66.5 Å². The molecule has 0 radical (unpaired) electrons. The van der Waals surface area contributed by atoms with Crippen molar-refractivity contribution < 1.29 is 13.2 Å². The molecule has 1 fully saturated rings. The van der Waals surface area contributed by atoms with Crippen molar-refractivity contribution in [2.45, 2.75) is 45.4 Å². The molecule has 7 heteroatoms. The molecule has 1 amide bonds. The van der Waals surface area contributed by atoms with E-state index in [1.807, 2.05) is 31.2 Å². The van der Waals surface area contributed by atoms with E-state index >= 15 is 0 Å². The van der Waals surface area contributed by atoms with E-state index in [0.717, 1.165) is 10.0 Å². The minimum absolute atomic E-state index is 0.00626. The average Bonchev–Trinajstić information content (AvgIpc) is 2.54. The van der Waals surface area contributed by atoms with Crippen molar-refractivity contribution in [1.29, 1.82) is 0 Å². The quantitative estimate of drug-likeness (QED) is 0.753. The van der Waals surface area contributed by atoms with Crippen molar-refractivity contribution in [3.8, 4) is 0 Å². The Bertz CT molecular complexity index is 698. The van der Waals surface area contributed by atoms with E-state index in [1.54, 1.807) is 0 Å². The summed E-state index contributed by atoms with van der Waals surface area (Å²) in [4.78, 5) is 12.3. The van der Waals surface area contributed by atoms with Crippen molar-refractivity contribution in [1.82, 2.24) is 9.62 Å². The summed E-state index contributed by atoms with van der Waals surface area (Å²) in [5.74, 6) is 0.326. The van der Waals surface area contributed by atoms with Gasteiger partial charge >= 0.3 is 0 Å². The van der Waals surface area contributed by atoms with Gasteiger partial charge in [-0.1, -0.05) is 41.9 Å². The molecule has 140 valence electrons. The molecular weight excluding hydrogens is 404 g/mol. The lowest BCUT2D eigenvalue weighted by molar-refractivity contribution is -0.127. The lowest BCUT2D eigenvalue weighted by Gasteiger charge is -2.31. The summed E-state index contributed by atoms with van der Waals surface area (Å²) >= 11 is 3.37. The monoisotopic (exact) mass is 430 g/mol. The van der Waals surface area contributed by atoms with Gasteiger partial charge in [0.2, 0.25) is 15.9 Å². The van der Waals surface area contributed by atoms with E-state index in [9.17, 15) is 13.2 Å². The number of carbonyl (C=O) groups excluding carboxylic acids is 1. The third kappa shape index (κ3) is 5.79. The second kappa shape index (κ2) is 8.64. The number of piperidine rings is 1. The SMILES string of the molecule is CC(C)[C@@H](C)NC(=O)C1CCN(S(=O)(=O)Cc2cccc(Br)c2)CC1. The molecule has 0 spiro atoms. The highest BCUT2D eigenvalue weighted by Crippen LogP contribution is 2.23. The molecule has 1 saturated heterocycles. The van der Waals surface area contributed by atoms with E-state index in [2.05, 4.69) is 35.1 Å². The molecule has 1 aliphatic heterocycles. The van der Waals surface area contributed by atoms with Crippen LogP contribution < -0.4 is 5.32 Å². The van der Waals surface area contributed by atoms with Gasteiger partial charge in [0.15, 0.2) is 0 Å². The van der Waals surface area contributed by atoms with Gasteiger partial charge in [-0.05, 0) is 43.4 Å². The standard InChI is InChI=1S/C18H27BrN2O3S/c1-13(2)14(3)20-18(22)16-7-9-21(10-8-16)25(23,24)12-15-5-4-6-17(19)11-15/h4-6,11,13-14,16H,7-10,12H2,1-3H3,(H,20,22)/t14-/m1/s1. The number of benzene rings is 1. The molecule has 0 unspecified atom stereocenters. The van der Waals surface area contributed by atoms with E-state index in [1.165, 1.54) is 4.31 Å². The molecule has 0 aliphatic carbocycles. The van der Waals surface area contributed by atoms with Gasteiger partial charge in [0.1, 0.15) is 0 Å². The Morgan fingerprint density at radius 2 is 1.92 bits per heavy atom. The van der Waals surface area contributed by atoms with Crippen LogP contribution in [0.1, 0.15) is 39.2 Å². The summed E-state index contributed by atoms with van der Waals surface area (Å²) in [5, 5.41) is 3.04. The summed E-state index contributed by atoms with van der Waals surface area (Å²) in [6, 6.07) is 7.48. The number of hydrogen-bond donors (Lipinski definition) is 1. The summed E-state index contributed by atoms with van der Waals surface area (Å²) in [7, 11) is -3.36. The first kappa shape index (κ1) is 20.4. The molecule has 0 aromatic heterocycles. The highest BCUT2D eigenvalue weighted by atomic mass is 79.9. The Hall–Kier alpha value is -0.920. The van der Waals surface area contributed by atoms with Gasteiger partial charge in [-0.3, -0.25) is 4.79 Å². The number of nitrogens with one attached hydrogen (secondary N) is 1. The summed E-state index contributed by atoms with van der Waals surface area (Å²) < 4.78 is 27.6. The van der Waals surface area contributed by atoms with Gasteiger partial charge in [-0.15, -0.1) is 0 Å². The van der Waals surface area contributed by atoms with Crippen LogP contribution in [-0.4, -0.2) is 37.8 Å². The van der Waals surface area contributed by atoms with E-state index in [-0.39, 0.29) is 23.6 Å². The zero-order valence-corrected chi connectivity index (χ0v) is 17.4. The zero-order chi connectivity index (χ0) is 18.6. The van der Waals surface area contributed by atoms with Crippen LogP contribution in [0.2, 0.25) is 0 Å². The lowest BCUT2D eigenvalue weighted by atomic mass is 9.96. The molecule has 2 rings (SSSR count). The second-order valence-corrected chi connectivity index (χ2v) is 9.99. The molecule has 0 bridgehead atoms. The van der Waals surface area contributed by atoms with Crippen LogP contribution in [0.15, 0.2) is 28.7 Å². The number of carbonyl (C=O) groups is 1. The Kier molecular flexibility index (Phi) is 7.05. The summed E-state index contributed by atoms with van der Waals surface area (Å²) in [5.41, 5.74) is 0.764. The minimum Gasteiger partial charge on any atom is -0.353 e. The molecular formula is C18H27BrN2O3S. The summed E-state index contributed by atoms with van der Waals surface area (Å²) in [6.07, 6.45) is 1.16. The smallest absolute Gasteiger partial charge is 0.223 e. The fourth-order valence-corrected chi connectivity index (χ4v) is 4.83. The van der Waals surface area contributed by atoms with E-state index in [4.69, 9.17) is 0 Å². The van der Waals surface area contributed by atoms with Gasteiger partial charge in [0.05, 0.1) is 5.75 Å². The highest BCUT2D eigenvalue weighted by Gasteiger charge is 2.31. The van der Waals surface area contributed by atoms with Crippen molar-refractivity contribution in [2.75, 3.05) is 13.1 Å². The molecule has 1 atom stereocenters. The maximum atomic E-state index is 12.6. The van der Waals surface area contributed by atoms with Crippen molar-refractivity contribution >= 4 is 31.9 Å². The molecule has 25 heavy (non-hydrogen) atoms. The predicted octanol–water partition coefficient (Wildman–Crippen LogP) is 3.15. The predicted molar refractivity (Wildman–Crippen MR) is 104 cm³/mol. The highest BCUT2D eigenvalue weighted by molar-refractivity contribution is 9.10. The van der Waals surface area contributed by atoms with Crippen LogP contribution >= 0.6 is 15.9 Å². The molecule has 0 saturated carbocycles. The number of halogens is 1. The zero-order valence-electron chi connectivity index (χ0n) is 15.0. The first-order valence-corrected chi connectivity index (χ1v) is 11.1. The summed E-state index contributed by atoms with van der Waals surface area (Å²) in [6.45, 7) is 6.96.